The molecule has 2 N–H and O–H groups in total. The first-order chi connectivity index (χ1) is 8.54. The second-order valence-electron chi connectivity index (χ2n) is 3.95. The predicted molar refractivity (Wildman–Crippen MR) is 66.9 cm³/mol. The number of ether oxygens (including phenoxy) is 1. The van der Waals surface area contributed by atoms with E-state index in [-0.39, 0.29) is 12.2 Å². The molecule has 1 heterocycles. The number of aryl methyl sites for hydroxylation is 1. The molecule has 1 aromatic carbocycles. The molecule has 1 aromatic heterocycles. The van der Waals surface area contributed by atoms with E-state index >= 15 is 0 Å². The Hall–Kier alpha value is -2.30. The summed E-state index contributed by atoms with van der Waals surface area (Å²) in [6.45, 7) is 3.70. The van der Waals surface area contributed by atoms with Gasteiger partial charge in [0.1, 0.15) is 5.56 Å². The molecule has 0 atom stereocenters. The van der Waals surface area contributed by atoms with E-state index in [0.717, 1.165) is 5.56 Å². The number of nitrogens with one attached hydrogen (secondary N) is 1. The average Bonchev–Trinajstić information content (AvgIpc) is 2.31. The number of aromatic nitrogens is 1. The molecule has 2 rings (SSSR count). The number of rotatable bonds is 2. The van der Waals surface area contributed by atoms with Gasteiger partial charge in [0.05, 0.1) is 6.61 Å². The van der Waals surface area contributed by atoms with Crippen molar-refractivity contribution in [1.29, 1.82) is 0 Å². The number of hydrogen-bond acceptors (Lipinski definition) is 4. The van der Waals surface area contributed by atoms with Gasteiger partial charge >= 0.3 is 5.97 Å². The minimum Gasteiger partial charge on any atom is -0.502 e. The summed E-state index contributed by atoms with van der Waals surface area (Å²) in [4.78, 5) is 25.9. The Morgan fingerprint density at radius 1 is 1.44 bits per heavy atom. The van der Waals surface area contributed by atoms with E-state index in [9.17, 15) is 14.7 Å². The third-order valence-corrected chi connectivity index (χ3v) is 2.62. The highest BCUT2D eigenvalue weighted by Gasteiger charge is 2.19. The number of benzene rings is 1. The molecule has 0 aliphatic carbocycles. The number of aromatic hydroxyl groups is 1. The second-order valence-corrected chi connectivity index (χ2v) is 3.95. The second kappa shape index (κ2) is 4.52. The van der Waals surface area contributed by atoms with Gasteiger partial charge in [-0.05, 0) is 26.0 Å². The average molecular weight is 247 g/mol. The van der Waals surface area contributed by atoms with Crippen molar-refractivity contribution in [2.45, 2.75) is 13.8 Å². The fourth-order valence-electron chi connectivity index (χ4n) is 1.81. The van der Waals surface area contributed by atoms with E-state index in [1.165, 1.54) is 0 Å². The van der Waals surface area contributed by atoms with Crippen LogP contribution in [0.4, 0.5) is 0 Å². The van der Waals surface area contributed by atoms with Crippen LogP contribution in [0.5, 0.6) is 5.75 Å². The molecule has 0 unspecified atom stereocenters. The molecule has 0 aliphatic rings. The van der Waals surface area contributed by atoms with Crippen LogP contribution >= 0.6 is 0 Å². The zero-order valence-corrected chi connectivity index (χ0v) is 10.1. The van der Waals surface area contributed by atoms with Gasteiger partial charge in [-0.25, -0.2) is 4.79 Å². The Morgan fingerprint density at radius 3 is 2.83 bits per heavy atom. The maximum Gasteiger partial charge on any atom is 0.342 e. The van der Waals surface area contributed by atoms with Crippen LogP contribution in [0, 0.1) is 6.92 Å². The molecule has 2 aromatic rings. The number of fused-ring (bicyclic) bond motifs is 1. The number of carbonyl (C=O) groups is 1. The maximum atomic E-state index is 11.8. The SMILES string of the molecule is CCOC(=O)c1c(O)c(=O)[nH]c2ccc(C)cc12. The number of aromatic amines is 1. The van der Waals surface area contributed by atoms with E-state index in [0.29, 0.717) is 10.9 Å². The summed E-state index contributed by atoms with van der Waals surface area (Å²) in [6, 6.07) is 5.22. The molecule has 94 valence electrons. The number of hydrogen-bond donors (Lipinski definition) is 2. The van der Waals surface area contributed by atoms with Crippen molar-refractivity contribution in [3.05, 3.63) is 39.7 Å². The highest BCUT2D eigenvalue weighted by atomic mass is 16.5. The number of H-pyrrole nitrogens is 1. The zero-order chi connectivity index (χ0) is 13.3. The lowest BCUT2D eigenvalue weighted by Crippen LogP contribution is -2.14. The van der Waals surface area contributed by atoms with Crippen LogP contribution in [0.1, 0.15) is 22.8 Å². The van der Waals surface area contributed by atoms with Gasteiger partial charge in [-0.1, -0.05) is 11.6 Å². The third kappa shape index (κ3) is 1.95. The van der Waals surface area contributed by atoms with Gasteiger partial charge in [-0.3, -0.25) is 4.79 Å². The fraction of sp³-hybridized carbons (Fsp3) is 0.231. The van der Waals surface area contributed by atoms with Crippen LogP contribution in [0.25, 0.3) is 10.9 Å². The third-order valence-electron chi connectivity index (χ3n) is 2.62. The monoisotopic (exact) mass is 247 g/mol. The Labute approximate surface area is 103 Å². The van der Waals surface area contributed by atoms with Gasteiger partial charge in [-0.2, -0.15) is 0 Å². The fourth-order valence-corrected chi connectivity index (χ4v) is 1.81. The Kier molecular flexibility index (Phi) is 3.06. The summed E-state index contributed by atoms with van der Waals surface area (Å²) in [6.07, 6.45) is 0. The molecule has 0 amide bonds. The van der Waals surface area contributed by atoms with Gasteiger partial charge < -0.3 is 14.8 Å². The predicted octanol–water partition coefficient (Wildman–Crippen LogP) is 1.72. The van der Waals surface area contributed by atoms with Gasteiger partial charge in [0.2, 0.25) is 0 Å². The summed E-state index contributed by atoms with van der Waals surface area (Å²) in [5.74, 6) is -1.30. The molecule has 0 bridgehead atoms. The Balaban J connectivity index is 2.82. The molecule has 0 saturated heterocycles. The van der Waals surface area contributed by atoms with Crippen molar-refractivity contribution in [3.8, 4) is 5.75 Å². The van der Waals surface area contributed by atoms with E-state index in [1.807, 2.05) is 13.0 Å². The van der Waals surface area contributed by atoms with Crippen molar-refractivity contribution < 1.29 is 14.6 Å². The quantitative estimate of drug-likeness (QED) is 0.792. The van der Waals surface area contributed by atoms with E-state index in [4.69, 9.17) is 4.74 Å². The lowest BCUT2D eigenvalue weighted by Gasteiger charge is -2.08. The largest absolute Gasteiger partial charge is 0.502 e. The summed E-state index contributed by atoms with van der Waals surface area (Å²) >= 11 is 0. The van der Waals surface area contributed by atoms with Crippen LogP contribution in [-0.4, -0.2) is 22.7 Å². The van der Waals surface area contributed by atoms with E-state index < -0.39 is 17.3 Å². The van der Waals surface area contributed by atoms with Crippen LogP contribution in [0.2, 0.25) is 0 Å². The van der Waals surface area contributed by atoms with Crippen molar-refractivity contribution in [3.63, 3.8) is 0 Å². The van der Waals surface area contributed by atoms with Crippen LogP contribution < -0.4 is 5.56 Å². The summed E-state index contributed by atoms with van der Waals surface area (Å²) in [7, 11) is 0. The molecule has 0 aliphatic heterocycles. The van der Waals surface area contributed by atoms with Crippen molar-refractivity contribution >= 4 is 16.9 Å². The summed E-state index contributed by atoms with van der Waals surface area (Å²) in [5, 5.41) is 10.2. The van der Waals surface area contributed by atoms with Gasteiger partial charge in [0, 0.05) is 10.9 Å². The molecule has 0 spiro atoms. The minimum absolute atomic E-state index is 0.0840. The van der Waals surface area contributed by atoms with Crippen LogP contribution in [0.15, 0.2) is 23.0 Å². The summed E-state index contributed by atoms with van der Waals surface area (Å²) < 4.78 is 4.86. The first-order valence-corrected chi connectivity index (χ1v) is 5.57. The van der Waals surface area contributed by atoms with Gasteiger partial charge in [0.25, 0.3) is 5.56 Å². The molecule has 5 heteroatoms. The minimum atomic E-state index is -0.700. The molecule has 0 radical (unpaired) electrons. The molecule has 0 fully saturated rings. The van der Waals surface area contributed by atoms with E-state index in [1.54, 1.807) is 19.1 Å². The topological polar surface area (TPSA) is 79.4 Å². The first kappa shape index (κ1) is 12.2. The Bertz CT molecular complexity index is 672. The molecular formula is C13H13NO4. The standard InChI is InChI=1S/C13H13NO4/c1-3-18-13(17)10-8-6-7(2)4-5-9(8)14-12(16)11(10)15/h4-6,15H,3H2,1-2H3,(H,14,16). The van der Waals surface area contributed by atoms with Crippen molar-refractivity contribution in [2.24, 2.45) is 0 Å². The first-order valence-electron chi connectivity index (χ1n) is 5.57. The lowest BCUT2D eigenvalue weighted by molar-refractivity contribution is 0.0525. The van der Waals surface area contributed by atoms with Gasteiger partial charge in [0.15, 0.2) is 5.75 Å². The summed E-state index contributed by atoms with van der Waals surface area (Å²) in [5.41, 5.74) is 0.625. The van der Waals surface area contributed by atoms with Crippen LogP contribution in [0.3, 0.4) is 0 Å². The molecule has 0 saturated carbocycles. The lowest BCUT2D eigenvalue weighted by atomic mass is 10.1. The molecular weight excluding hydrogens is 234 g/mol. The van der Waals surface area contributed by atoms with Crippen molar-refractivity contribution in [2.75, 3.05) is 6.61 Å². The highest BCUT2D eigenvalue weighted by molar-refractivity contribution is 6.05. The van der Waals surface area contributed by atoms with E-state index in [2.05, 4.69) is 4.98 Å². The maximum absolute atomic E-state index is 11.8. The van der Waals surface area contributed by atoms with Gasteiger partial charge in [-0.15, -0.1) is 0 Å². The molecule has 18 heavy (non-hydrogen) atoms. The number of esters is 1. The van der Waals surface area contributed by atoms with Crippen LogP contribution in [-0.2, 0) is 4.74 Å². The normalized spacial score (nSPS) is 10.6. The number of pyridine rings is 1. The van der Waals surface area contributed by atoms with Crippen molar-refractivity contribution in [1.82, 2.24) is 4.98 Å². The number of carbonyl (C=O) groups excluding carboxylic acids is 1. The molecule has 5 nitrogen and oxygen atoms in total. The smallest absolute Gasteiger partial charge is 0.342 e. The Morgan fingerprint density at radius 2 is 2.17 bits per heavy atom. The zero-order valence-electron chi connectivity index (χ0n) is 10.1. The highest BCUT2D eigenvalue weighted by Crippen LogP contribution is 2.24.